The van der Waals surface area contributed by atoms with Crippen LogP contribution in [0.5, 0.6) is 0 Å². The smallest absolute Gasteiger partial charge is 0.0638 e. The van der Waals surface area contributed by atoms with Gasteiger partial charge in [-0.25, -0.2) is 0 Å². The first-order valence-electron chi connectivity index (χ1n) is 6.02. The number of hydrogen-bond acceptors (Lipinski definition) is 3. The van der Waals surface area contributed by atoms with Crippen LogP contribution < -0.4 is 5.73 Å². The Labute approximate surface area is 109 Å². The molecule has 0 heterocycles. The van der Waals surface area contributed by atoms with Crippen LogP contribution in [0.3, 0.4) is 0 Å². The molecule has 1 atom stereocenters. The summed E-state index contributed by atoms with van der Waals surface area (Å²) in [5, 5.41) is 8.67. The molecule has 0 saturated heterocycles. The van der Waals surface area contributed by atoms with Gasteiger partial charge in [0.15, 0.2) is 0 Å². The van der Waals surface area contributed by atoms with E-state index in [4.69, 9.17) is 11.0 Å². The molecule has 0 fully saturated rings. The van der Waals surface area contributed by atoms with Crippen molar-refractivity contribution in [3.8, 4) is 17.9 Å². The topological polar surface area (TPSA) is 53.0 Å². The van der Waals surface area contributed by atoms with Gasteiger partial charge in [-0.05, 0) is 31.7 Å². The second kappa shape index (κ2) is 7.50. The zero-order valence-electron chi connectivity index (χ0n) is 11.0. The number of rotatable bonds is 4. The average molecular weight is 241 g/mol. The quantitative estimate of drug-likeness (QED) is 0.817. The monoisotopic (exact) mass is 241 g/mol. The van der Waals surface area contributed by atoms with Crippen molar-refractivity contribution in [2.45, 2.75) is 25.9 Å². The van der Waals surface area contributed by atoms with Gasteiger partial charge in [-0.1, -0.05) is 24.0 Å². The number of hydrogen-bond donors (Lipinski definition) is 1. The Kier molecular flexibility index (Phi) is 5.94. The van der Waals surface area contributed by atoms with Gasteiger partial charge in [0.25, 0.3) is 0 Å². The lowest BCUT2D eigenvalue weighted by Crippen LogP contribution is -2.28. The molecule has 94 valence electrons. The van der Waals surface area contributed by atoms with E-state index in [1.54, 1.807) is 0 Å². The Balaban J connectivity index is 2.61. The minimum atomic E-state index is 0.270. The first-order chi connectivity index (χ1) is 8.67. The Morgan fingerprint density at radius 2 is 2.00 bits per heavy atom. The van der Waals surface area contributed by atoms with Crippen molar-refractivity contribution in [1.82, 2.24) is 4.90 Å². The lowest BCUT2D eigenvalue weighted by Gasteiger charge is -2.22. The summed E-state index contributed by atoms with van der Waals surface area (Å²) < 4.78 is 0. The molecule has 1 unspecified atom stereocenters. The summed E-state index contributed by atoms with van der Waals surface area (Å²) in [5.74, 6) is 5.83. The summed E-state index contributed by atoms with van der Waals surface area (Å²) in [6.07, 6.45) is 0.552. The van der Waals surface area contributed by atoms with Gasteiger partial charge in [-0.15, -0.1) is 0 Å². The van der Waals surface area contributed by atoms with E-state index in [0.29, 0.717) is 13.0 Å². The van der Waals surface area contributed by atoms with Crippen LogP contribution in [0, 0.1) is 23.2 Å². The predicted molar refractivity (Wildman–Crippen MR) is 73.5 cm³/mol. The average Bonchev–Trinajstić information content (AvgIpc) is 2.38. The zero-order valence-corrected chi connectivity index (χ0v) is 11.0. The molecule has 1 aromatic carbocycles. The molecule has 0 aliphatic heterocycles. The van der Waals surface area contributed by atoms with Crippen molar-refractivity contribution in [3.63, 3.8) is 0 Å². The van der Waals surface area contributed by atoms with E-state index in [9.17, 15) is 0 Å². The number of nitrogens with zero attached hydrogens (tertiary/aromatic N) is 2. The second-order valence-corrected chi connectivity index (χ2v) is 4.33. The standard InChI is InChI=1S/C15H19N3/c1-13(9-11-17)18(2)12-15-7-5-14(6-8-15)4-3-10-16/h5-8,13H,9-10,12,16H2,1-2H3. The van der Waals surface area contributed by atoms with Gasteiger partial charge in [-0.3, -0.25) is 4.90 Å². The van der Waals surface area contributed by atoms with E-state index in [0.717, 1.165) is 12.1 Å². The molecular formula is C15H19N3. The maximum atomic E-state index is 8.67. The first kappa shape index (κ1) is 14.3. The molecule has 3 heteroatoms. The third-order valence-corrected chi connectivity index (χ3v) is 2.86. The SMILES string of the molecule is CC(CC#N)N(C)Cc1ccc(C#CCN)cc1. The fraction of sp³-hybridized carbons (Fsp3) is 0.400. The lowest BCUT2D eigenvalue weighted by atomic mass is 10.1. The Morgan fingerprint density at radius 1 is 1.33 bits per heavy atom. The van der Waals surface area contributed by atoms with Crippen molar-refractivity contribution in [1.29, 1.82) is 5.26 Å². The molecule has 0 radical (unpaired) electrons. The molecule has 3 nitrogen and oxygen atoms in total. The number of benzene rings is 1. The van der Waals surface area contributed by atoms with Gasteiger partial charge < -0.3 is 5.73 Å². The highest BCUT2D eigenvalue weighted by molar-refractivity contribution is 5.36. The Bertz CT molecular complexity index is 459. The molecule has 0 aliphatic carbocycles. The molecule has 1 aromatic rings. The van der Waals surface area contributed by atoms with Gasteiger partial charge in [0.1, 0.15) is 0 Å². The van der Waals surface area contributed by atoms with Crippen molar-refractivity contribution in [2.24, 2.45) is 5.73 Å². The minimum absolute atomic E-state index is 0.270. The number of nitriles is 1. The van der Waals surface area contributed by atoms with Gasteiger partial charge in [0.05, 0.1) is 19.0 Å². The van der Waals surface area contributed by atoms with Crippen molar-refractivity contribution in [3.05, 3.63) is 35.4 Å². The Hall–Kier alpha value is -1.81. The highest BCUT2D eigenvalue weighted by Gasteiger charge is 2.08. The molecule has 0 aliphatic rings. The van der Waals surface area contributed by atoms with Gasteiger partial charge in [0.2, 0.25) is 0 Å². The summed E-state index contributed by atoms with van der Waals surface area (Å²) in [6.45, 7) is 3.29. The van der Waals surface area contributed by atoms with Crippen LogP contribution in [0.15, 0.2) is 24.3 Å². The highest BCUT2D eigenvalue weighted by atomic mass is 15.1. The fourth-order valence-electron chi connectivity index (χ4n) is 1.58. The maximum Gasteiger partial charge on any atom is 0.0638 e. The zero-order chi connectivity index (χ0) is 13.4. The molecule has 2 N–H and O–H groups in total. The largest absolute Gasteiger partial charge is 0.320 e. The molecule has 0 spiro atoms. The normalized spacial score (nSPS) is 11.5. The molecule has 0 bridgehead atoms. The van der Waals surface area contributed by atoms with Crippen LogP contribution in [0.25, 0.3) is 0 Å². The summed E-state index contributed by atoms with van der Waals surface area (Å²) in [4.78, 5) is 2.17. The molecule has 1 rings (SSSR count). The van der Waals surface area contributed by atoms with Crippen LogP contribution in [0.2, 0.25) is 0 Å². The van der Waals surface area contributed by atoms with E-state index in [2.05, 4.69) is 41.9 Å². The van der Waals surface area contributed by atoms with Crippen LogP contribution in [0.1, 0.15) is 24.5 Å². The van der Waals surface area contributed by atoms with Gasteiger partial charge in [-0.2, -0.15) is 5.26 Å². The van der Waals surface area contributed by atoms with Crippen LogP contribution >= 0.6 is 0 Å². The second-order valence-electron chi connectivity index (χ2n) is 4.33. The van der Waals surface area contributed by atoms with E-state index in [1.165, 1.54) is 5.56 Å². The first-order valence-corrected chi connectivity index (χ1v) is 6.02. The van der Waals surface area contributed by atoms with E-state index in [1.807, 2.05) is 19.2 Å². The fourth-order valence-corrected chi connectivity index (χ4v) is 1.58. The predicted octanol–water partition coefficient (Wildman–Crippen LogP) is 1.73. The lowest BCUT2D eigenvalue weighted by molar-refractivity contribution is 0.252. The molecule has 0 saturated carbocycles. The summed E-state index contributed by atoms with van der Waals surface area (Å²) in [6, 6.07) is 10.6. The van der Waals surface area contributed by atoms with E-state index < -0.39 is 0 Å². The summed E-state index contributed by atoms with van der Waals surface area (Å²) in [5.41, 5.74) is 7.53. The summed E-state index contributed by atoms with van der Waals surface area (Å²) in [7, 11) is 2.03. The van der Waals surface area contributed by atoms with Crippen molar-refractivity contribution < 1.29 is 0 Å². The summed E-state index contributed by atoms with van der Waals surface area (Å²) >= 11 is 0. The minimum Gasteiger partial charge on any atom is -0.320 e. The molecule has 0 aromatic heterocycles. The molecular weight excluding hydrogens is 222 g/mol. The van der Waals surface area contributed by atoms with E-state index >= 15 is 0 Å². The van der Waals surface area contributed by atoms with Crippen LogP contribution in [0.4, 0.5) is 0 Å². The third-order valence-electron chi connectivity index (χ3n) is 2.86. The van der Waals surface area contributed by atoms with Gasteiger partial charge in [0, 0.05) is 18.2 Å². The van der Waals surface area contributed by atoms with Crippen molar-refractivity contribution in [2.75, 3.05) is 13.6 Å². The third kappa shape index (κ3) is 4.59. The Morgan fingerprint density at radius 3 is 2.56 bits per heavy atom. The van der Waals surface area contributed by atoms with Gasteiger partial charge >= 0.3 is 0 Å². The van der Waals surface area contributed by atoms with E-state index in [-0.39, 0.29) is 6.04 Å². The highest BCUT2D eigenvalue weighted by Crippen LogP contribution is 2.09. The molecule has 0 amide bonds. The maximum absolute atomic E-state index is 8.67. The van der Waals surface area contributed by atoms with Crippen molar-refractivity contribution >= 4 is 0 Å². The molecule has 18 heavy (non-hydrogen) atoms. The van der Waals surface area contributed by atoms with Crippen LogP contribution in [-0.4, -0.2) is 24.5 Å². The number of nitrogens with two attached hydrogens (primary N) is 1. The van der Waals surface area contributed by atoms with Crippen LogP contribution in [-0.2, 0) is 6.54 Å².